The molecule has 160 valence electrons. The number of methoxy groups -OCH3 is 1. The van der Waals surface area contributed by atoms with Crippen LogP contribution in [0.5, 0.6) is 11.5 Å². The SMILES string of the molecule is COc1cc2c(cc1OCCC(=O)N1CCc3ccccc31)N=C[C@@H]1CCCN1C2=O. The first-order chi connectivity index (χ1) is 15.2. The zero-order chi connectivity index (χ0) is 21.4. The predicted octanol–water partition coefficient (Wildman–Crippen LogP) is 3.37. The maximum absolute atomic E-state index is 12.9. The number of anilines is 1. The third kappa shape index (κ3) is 3.54. The Morgan fingerprint density at radius 1 is 1.19 bits per heavy atom. The van der Waals surface area contributed by atoms with Gasteiger partial charge in [0.2, 0.25) is 5.91 Å². The number of aliphatic imine (C=N–C) groups is 1. The van der Waals surface area contributed by atoms with Gasteiger partial charge in [-0.05, 0) is 37.0 Å². The summed E-state index contributed by atoms with van der Waals surface area (Å²) in [4.78, 5) is 33.9. The van der Waals surface area contributed by atoms with Gasteiger partial charge in [-0.1, -0.05) is 18.2 Å². The summed E-state index contributed by atoms with van der Waals surface area (Å²) in [5, 5.41) is 0. The number of hydrogen-bond acceptors (Lipinski definition) is 5. The van der Waals surface area contributed by atoms with E-state index in [9.17, 15) is 9.59 Å². The van der Waals surface area contributed by atoms with Gasteiger partial charge in [0.15, 0.2) is 11.5 Å². The maximum Gasteiger partial charge on any atom is 0.256 e. The van der Waals surface area contributed by atoms with Crippen molar-refractivity contribution in [1.82, 2.24) is 4.90 Å². The highest BCUT2D eigenvalue weighted by Gasteiger charge is 2.32. The zero-order valence-electron chi connectivity index (χ0n) is 17.5. The van der Waals surface area contributed by atoms with Crippen molar-refractivity contribution in [2.45, 2.75) is 31.7 Å². The van der Waals surface area contributed by atoms with Gasteiger partial charge in [0.25, 0.3) is 5.91 Å². The second-order valence-electron chi connectivity index (χ2n) is 8.03. The molecule has 0 saturated carbocycles. The van der Waals surface area contributed by atoms with Crippen LogP contribution in [0.1, 0.15) is 35.2 Å². The number of carbonyl (C=O) groups excluding carboxylic acids is 2. The van der Waals surface area contributed by atoms with Crippen LogP contribution >= 0.6 is 0 Å². The normalized spacial score (nSPS) is 19.0. The summed E-state index contributed by atoms with van der Waals surface area (Å²) in [6.45, 7) is 1.67. The Morgan fingerprint density at radius 2 is 2.06 bits per heavy atom. The van der Waals surface area contributed by atoms with E-state index in [4.69, 9.17) is 9.47 Å². The van der Waals surface area contributed by atoms with E-state index in [0.29, 0.717) is 29.3 Å². The molecule has 0 N–H and O–H groups in total. The second-order valence-corrected chi connectivity index (χ2v) is 8.03. The van der Waals surface area contributed by atoms with E-state index in [1.165, 1.54) is 5.56 Å². The number of nitrogens with zero attached hydrogens (tertiary/aromatic N) is 3. The number of ether oxygens (including phenoxy) is 2. The lowest BCUT2D eigenvalue weighted by Crippen LogP contribution is -2.35. The average Bonchev–Trinajstić information content (AvgIpc) is 3.41. The van der Waals surface area contributed by atoms with Gasteiger partial charge in [-0.25, -0.2) is 0 Å². The molecule has 0 aliphatic carbocycles. The zero-order valence-corrected chi connectivity index (χ0v) is 17.5. The molecule has 1 atom stereocenters. The van der Waals surface area contributed by atoms with E-state index in [1.807, 2.05) is 34.2 Å². The molecule has 3 aliphatic rings. The molecule has 0 spiro atoms. The van der Waals surface area contributed by atoms with Gasteiger partial charge in [0, 0.05) is 31.1 Å². The lowest BCUT2D eigenvalue weighted by Gasteiger charge is -2.20. The number of para-hydroxylation sites is 1. The highest BCUT2D eigenvalue weighted by atomic mass is 16.5. The summed E-state index contributed by atoms with van der Waals surface area (Å²) < 4.78 is 11.4. The van der Waals surface area contributed by atoms with Crippen LogP contribution in [-0.4, -0.2) is 55.8 Å². The van der Waals surface area contributed by atoms with E-state index in [2.05, 4.69) is 11.1 Å². The fraction of sp³-hybridized carbons (Fsp3) is 0.375. The summed E-state index contributed by atoms with van der Waals surface area (Å²) in [5.74, 6) is 0.969. The van der Waals surface area contributed by atoms with E-state index in [-0.39, 0.29) is 30.9 Å². The first-order valence-corrected chi connectivity index (χ1v) is 10.7. The van der Waals surface area contributed by atoms with Crippen LogP contribution in [0.3, 0.4) is 0 Å². The molecular formula is C24H25N3O4. The van der Waals surface area contributed by atoms with Crippen molar-refractivity contribution < 1.29 is 19.1 Å². The minimum absolute atomic E-state index is 0.0253. The third-order valence-corrected chi connectivity index (χ3v) is 6.22. The van der Waals surface area contributed by atoms with Gasteiger partial charge in [-0.15, -0.1) is 0 Å². The highest BCUT2D eigenvalue weighted by molar-refractivity contribution is 6.03. The van der Waals surface area contributed by atoms with Crippen LogP contribution in [0.4, 0.5) is 11.4 Å². The topological polar surface area (TPSA) is 71.4 Å². The monoisotopic (exact) mass is 419 g/mol. The molecule has 0 unspecified atom stereocenters. The minimum atomic E-state index is -0.0253. The molecule has 2 amide bonds. The lowest BCUT2D eigenvalue weighted by atomic mass is 10.1. The van der Waals surface area contributed by atoms with Crippen LogP contribution in [0.15, 0.2) is 41.4 Å². The summed E-state index contributed by atoms with van der Waals surface area (Å²) in [5.41, 5.74) is 3.29. The van der Waals surface area contributed by atoms with Crippen LogP contribution < -0.4 is 14.4 Å². The minimum Gasteiger partial charge on any atom is -0.493 e. The molecule has 3 aliphatic heterocycles. The van der Waals surface area contributed by atoms with Gasteiger partial charge in [-0.3, -0.25) is 14.6 Å². The summed E-state index contributed by atoms with van der Waals surface area (Å²) in [6.07, 6.45) is 4.91. The molecule has 1 fully saturated rings. The number of amides is 2. The number of hydrogen-bond donors (Lipinski definition) is 0. The molecule has 5 rings (SSSR count). The van der Waals surface area contributed by atoms with Crippen molar-refractivity contribution >= 4 is 29.4 Å². The van der Waals surface area contributed by atoms with Crippen LogP contribution in [0, 0.1) is 0 Å². The molecule has 31 heavy (non-hydrogen) atoms. The number of carbonyl (C=O) groups is 2. The smallest absolute Gasteiger partial charge is 0.256 e. The lowest BCUT2D eigenvalue weighted by molar-refractivity contribution is -0.119. The van der Waals surface area contributed by atoms with Crippen molar-refractivity contribution in [1.29, 1.82) is 0 Å². The largest absolute Gasteiger partial charge is 0.493 e. The number of rotatable bonds is 5. The molecule has 0 radical (unpaired) electrons. The first-order valence-electron chi connectivity index (χ1n) is 10.7. The Bertz CT molecular complexity index is 1060. The Morgan fingerprint density at radius 3 is 2.94 bits per heavy atom. The Hall–Kier alpha value is -3.35. The van der Waals surface area contributed by atoms with E-state index >= 15 is 0 Å². The van der Waals surface area contributed by atoms with Crippen LogP contribution in [0.25, 0.3) is 0 Å². The molecule has 7 heteroatoms. The molecule has 0 aromatic heterocycles. The molecule has 2 aromatic rings. The Balaban J connectivity index is 1.30. The van der Waals surface area contributed by atoms with Gasteiger partial charge < -0.3 is 19.3 Å². The van der Waals surface area contributed by atoms with Gasteiger partial charge in [0.1, 0.15) is 0 Å². The quantitative estimate of drug-likeness (QED) is 0.745. The number of fused-ring (bicyclic) bond motifs is 3. The van der Waals surface area contributed by atoms with Crippen molar-refractivity contribution in [2.75, 3.05) is 31.7 Å². The molecule has 1 saturated heterocycles. The molecular weight excluding hydrogens is 394 g/mol. The maximum atomic E-state index is 12.9. The molecule has 2 aromatic carbocycles. The van der Waals surface area contributed by atoms with Crippen LogP contribution in [0.2, 0.25) is 0 Å². The molecule has 3 heterocycles. The Labute approximate surface area is 181 Å². The van der Waals surface area contributed by atoms with Crippen molar-refractivity contribution in [2.24, 2.45) is 4.99 Å². The predicted molar refractivity (Wildman–Crippen MR) is 118 cm³/mol. The Kier molecular flexibility index (Phi) is 5.10. The molecule has 0 bridgehead atoms. The summed E-state index contributed by atoms with van der Waals surface area (Å²) in [7, 11) is 1.55. The highest BCUT2D eigenvalue weighted by Crippen LogP contribution is 2.38. The van der Waals surface area contributed by atoms with Gasteiger partial charge in [0.05, 0.1) is 37.4 Å². The van der Waals surface area contributed by atoms with Crippen LogP contribution in [-0.2, 0) is 11.2 Å². The van der Waals surface area contributed by atoms with E-state index in [0.717, 1.165) is 31.5 Å². The van der Waals surface area contributed by atoms with Crippen molar-refractivity contribution in [3.8, 4) is 11.5 Å². The standard InChI is InChI=1S/C24H25N3O4/c1-30-21-13-18-19(25-15-17-6-4-10-26(17)24(18)29)14-22(21)31-12-9-23(28)27-11-8-16-5-2-3-7-20(16)27/h2-3,5,7,13-15,17H,4,6,8-12H2,1H3/t17-/m0/s1. The fourth-order valence-electron chi connectivity index (χ4n) is 4.60. The third-order valence-electron chi connectivity index (χ3n) is 6.22. The summed E-state index contributed by atoms with van der Waals surface area (Å²) in [6, 6.07) is 11.5. The fourth-order valence-corrected chi connectivity index (χ4v) is 4.60. The first kappa shape index (κ1) is 19.6. The van der Waals surface area contributed by atoms with Gasteiger partial charge >= 0.3 is 0 Å². The van der Waals surface area contributed by atoms with Crippen molar-refractivity contribution in [3.63, 3.8) is 0 Å². The van der Waals surface area contributed by atoms with Crippen molar-refractivity contribution in [3.05, 3.63) is 47.5 Å². The van der Waals surface area contributed by atoms with E-state index < -0.39 is 0 Å². The molecule has 7 nitrogen and oxygen atoms in total. The average molecular weight is 419 g/mol. The van der Waals surface area contributed by atoms with Gasteiger partial charge in [-0.2, -0.15) is 0 Å². The summed E-state index contributed by atoms with van der Waals surface area (Å²) >= 11 is 0. The number of benzene rings is 2. The van der Waals surface area contributed by atoms with E-state index in [1.54, 1.807) is 19.2 Å². The second kappa shape index (κ2) is 8.06.